The molecule has 0 amide bonds. The maximum absolute atomic E-state index is 10.2. The van der Waals surface area contributed by atoms with Gasteiger partial charge in [-0.15, -0.1) is 0 Å². The minimum atomic E-state index is -0.665. The van der Waals surface area contributed by atoms with Crippen LogP contribution in [-0.4, -0.2) is 35.1 Å². The Morgan fingerprint density at radius 1 is 1.36 bits per heavy atom. The fourth-order valence-corrected chi connectivity index (χ4v) is 1.85. The highest BCUT2D eigenvalue weighted by atomic mass is 16.4. The van der Waals surface area contributed by atoms with Gasteiger partial charge in [0.15, 0.2) is 0 Å². The molecule has 1 rings (SSSR count). The predicted octanol–water partition coefficient (Wildman–Crippen LogP) is 2.12. The zero-order valence-corrected chi connectivity index (χ0v) is 9.04. The standard InChI is InChI=1S/C11H21NO2/c1-10-7-9-12(10)8-5-3-2-4-6-11(13)14/h10H,2-9H2,1H3,(H,13,14). The van der Waals surface area contributed by atoms with E-state index in [1.54, 1.807) is 0 Å². The molecule has 14 heavy (non-hydrogen) atoms. The second-order valence-electron chi connectivity index (χ2n) is 4.23. The van der Waals surface area contributed by atoms with Gasteiger partial charge in [-0.2, -0.15) is 0 Å². The third-order valence-corrected chi connectivity index (χ3v) is 3.04. The maximum atomic E-state index is 10.2. The normalized spacial score (nSPS) is 21.9. The first kappa shape index (κ1) is 11.5. The first-order valence-corrected chi connectivity index (χ1v) is 5.66. The lowest BCUT2D eigenvalue weighted by Gasteiger charge is -2.38. The monoisotopic (exact) mass is 199 g/mol. The van der Waals surface area contributed by atoms with Crippen molar-refractivity contribution in [3.63, 3.8) is 0 Å². The molecule has 82 valence electrons. The number of aliphatic carboxylic acids is 1. The second-order valence-corrected chi connectivity index (χ2v) is 4.23. The number of carboxylic acid groups (broad SMARTS) is 1. The molecule has 1 saturated heterocycles. The van der Waals surface area contributed by atoms with E-state index in [1.165, 1.54) is 32.4 Å². The number of hydrogen-bond acceptors (Lipinski definition) is 2. The summed E-state index contributed by atoms with van der Waals surface area (Å²) in [5, 5.41) is 8.43. The molecule has 1 N–H and O–H groups in total. The second kappa shape index (κ2) is 6.02. The Kier molecular flexibility index (Phi) is 4.94. The van der Waals surface area contributed by atoms with Crippen molar-refractivity contribution in [1.29, 1.82) is 0 Å². The number of rotatable bonds is 7. The molecule has 1 aliphatic rings. The van der Waals surface area contributed by atoms with Gasteiger partial charge in [0, 0.05) is 12.5 Å². The van der Waals surface area contributed by atoms with E-state index in [-0.39, 0.29) is 0 Å². The van der Waals surface area contributed by atoms with Gasteiger partial charge in [-0.25, -0.2) is 0 Å². The molecule has 0 bridgehead atoms. The molecule has 1 atom stereocenters. The SMILES string of the molecule is CC1CCN1CCCCCCC(=O)O. The molecule has 1 fully saturated rings. The molecule has 1 aliphatic heterocycles. The number of carboxylic acids is 1. The summed E-state index contributed by atoms with van der Waals surface area (Å²) >= 11 is 0. The summed E-state index contributed by atoms with van der Waals surface area (Å²) in [6.07, 6.45) is 5.99. The van der Waals surface area contributed by atoms with Crippen LogP contribution in [0.25, 0.3) is 0 Å². The van der Waals surface area contributed by atoms with Gasteiger partial charge in [0.2, 0.25) is 0 Å². The summed E-state index contributed by atoms with van der Waals surface area (Å²) in [6.45, 7) is 4.73. The molecule has 0 spiro atoms. The van der Waals surface area contributed by atoms with Crippen LogP contribution in [0.2, 0.25) is 0 Å². The minimum Gasteiger partial charge on any atom is -0.481 e. The Balaban J connectivity index is 1.82. The number of likely N-dealkylation sites (tertiary alicyclic amines) is 1. The number of unbranched alkanes of at least 4 members (excludes halogenated alkanes) is 3. The Morgan fingerprint density at radius 2 is 2.07 bits per heavy atom. The van der Waals surface area contributed by atoms with E-state index in [0.29, 0.717) is 6.42 Å². The van der Waals surface area contributed by atoms with Crippen molar-refractivity contribution in [2.45, 2.75) is 51.5 Å². The molecule has 0 aromatic heterocycles. The van der Waals surface area contributed by atoms with Crippen molar-refractivity contribution in [3.05, 3.63) is 0 Å². The van der Waals surface area contributed by atoms with E-state index in [1.807, 2.05) is 0 Å². The van der Waals surface area contributed by atoms with Crippen molar-refractivity contribution in [2.24, 2.45) is 0 Å². The lowest BCUT2D eigenvalue weighted by Crippen LogP contribution is -2.45. The maximum Gasteiger partial charge on any atom is 0.303 e. The molecular weight excluding hydrogens is 178 g/mol. The number of nitrogens with zero attached hydrogens (tertiary/aromatic N) is 1. The molecule has 0 aromatic rings. The number of carbonyl (C=O) groups is 1. The van der Waals surface area contributed by atoms with Crippen LogP contribution in [0.15, 0.2) is 0 Å². The minimum absolute atomic E-state index is 0.333. The Labute approximate surface area is 86.1 Å². The Morgan fingerprint density at radius 3 is 2.57 bits per heavy atom. The molecule has 0 aliphatic carbocycles. The third-order valence-electron chi connectivity index (χ3n) is 3.04. The van der Waals surface area contributed by atoms with Crippen LogP contribution in [0.3, 0.4) is 0 Å². The first-order chi connectivity index (χ1) is 6.70. The van der Waals surface area contributed by atoms with Crippen molar-refractivity contribution >= 4 is 5.97 Å². The van der Waals surface area contributed by atoms with Gasteiger partial charge in [-0.1, -0.05) is 12.8 Å². The highest BCUT2D eigenvalue weighted by molar-refractivity contribution is 5.66. The van der Waals surface area contributed by atoms with Gasteiger partial charge < -0.3 is 10.0 Å². The van der Waals surface area contributed by atoms with Gasteiger partial charge in [-0.3, -0.25) is 4.79 Å². The summed E-state index contributed by atoms with van der Waals surface area (Å²) in [5.41, 5.74) is 0. The van der Waals surface area contributed by atoms with E-state index in [9.17, 15) is 4.79 Å². The number of hydrogen-bond donors (Lipinski definition) is 1. The zero-order chi connectivity index (χ0) is 10.4. The van der Waals surface area contributed by atoms with Gasteiger partial charge in [-0.05, 0) is 39.3 Å². The van der Waals surface area contributed by atoms with E-state index >= 15 is 0 Å². The molecule has 3 heteroatoms. The van der Waals surface area contributed by atoms with Crippen LogP contribution in [0, 0.1) is 0 Å². The fraction of sp³-hybridized carbons (Fsp3) is 0.909. The molecule has 0 saturated carbocycles. The van der Waals surface area contributed by atoms with Crippen LogP contribution in [-0.2, 0) is 4.79 Å². The van der Waals surface area contributed by atoms with Gasteiger partial charge in [0.25, 0.3) is 0 Å². The highest BCUT2D eigenvalue weighted by Gasteiger charge is 2.21. The van der Waals surface area contributed by atoms with Crippen molar-refractivity contribution in [2.75, 3.05) is 13.1 Å². The largest absolute Gasteiger partial charge is 0.481 e. The van der Waals surface area contributed by atoms with Crippen LogP contribution in [0.1, 0.15) is 45.4 Å². The van der Waals surface area contributed by atoms with E-state index < -0.39 is 5.97 Å². The van der Waals surface area contributed by atoms with Gasteiger partial charge in [0.05, 0.1) is 0 Å². The average Bonchev–Trinajstić information content (AvgIpc) is 2.13. The first-order valence-electron chi connectivity index (χ1n) is 5.66. The van der Waals surface area contributed by atoms with E-state index in [4.69, 9.17) is 5.11 Å². The quantitative estimate of drug-likeness (QED) is 0.638. The Bertz CT molecular complexity index is 182. The molecular formula is C11H21NO2. The molecule has 3 nitrogen and oxygen atoms in total. The van der Waals surface area contributed by atoms with Crippen LogP contribution < -0.4 is 0 Å². The van der Waals surface area contributed by atoms with Crippen LogP contribution in [0.4, 0.5) is 0 Å². The van der Waals surface area contributed by atoms with Gasteiger partial charge in [0.1, 0.15) is 0 Å². The lowest BCUT2D eigenvalue weighted by molar-refractivity contribution is -0.137. The molecule has 0 aromatic carbocycles. The average molecular weight is 199 g/mol. The van der Waals surface area contributed by atoms with Crippen molar-refractivity contribution in [1.82, 2.24) is 4.90 Å². The fourth-order valence-electron chi connectivity index (χ4n) is 1.85. The Hall–Kier alpha value is -0.570. The van der Waals surface area contributed by atoms with Crippen molar-refractivity contribution < 1.29 is 9.90 Å². The third kappa shape index (κ3) is 4.09. The van der Waals surface area contributed by atoms with E-state index in [0.717, 1.165) is 18.9 Å². The topological polar surface area (TPSA) is 40.5 Å². The zero-order valence-electron chi connectivity index (χ0n) is 9.04. The molecule has 1 heterocycles. The van der Waals surface area contributed by atoms with E-state index in [2.05, 4.69) is 11.8 Å². The summed E-state index contributed by atoms with van der Waals surface area (Å²) in [4.78, 5) is 12.7. The highest BCUT2D eigenvalue weighted by Crippen LogP contribution is 2.17. The smallest absolute Gasteiger partial charge is 0.303 e. The summed E-state index contributed by atoms with van der Waals surface area (Å²) in [5.74, 6) is -0.665. The van der Waals surface area contributed by atoms with Gasteiger partial charge >= 0.3 is 5.97 Å². The van der Waals surface area contributed by atoms with Crippen LogP contribution in [0.5, 0.6) is 0 Å². The molecule has 0 radical (unpaired) electrons. The summed E-state index contributed by atoms with van der Waals surface area (Å²) < 4.78 is 0. The lowest BCUT2D eigenvalue weighted by atomic mass is 10.0. The molecule has 1 unspecified atom stereocenters. The summed E-state index contributed by atoms with van der Waals surface area (Å²) in [7, 11) is 0. The summed E-state index contributed by atoms with van der Waals surface area (Å²) in [6, 6.07) is 0.786. The van der Waals surface area contributed by atoms with Crippen LogP contribution >= 0.6 is 0 Å². The predicted molar refractivity (Wildman–Crippen MR) is 56.4 cm³/mol. The van der Waals surface area contributed by atoms with Crippen molar-refractivity contribution in [3.8, 4) is 0 Å².